The van der Waals surface area contributed by atoms with E-state index in [0.29, 0.717) is 24.8 Å². The van der Waals surface area contributed by atoms with Gasteiger partial charge in [0.05, 0.1) is 5.69 Å². The Morgan fingerprint density at radius 1 is 1.31 bits per heavy atom. The van der Waals surface area contributed by atoms with Gasteiger partial charge in [-0.05, 0) is 31.5 Å². The van der Waals surface area contributed by atoms with Gasteiger partial charge in [0.1, 0.15) is 11.6 Å². The molecule has 3 heterocycles. The summed E-state index contributed by atoms with van der Waals surface area (Å²) >= 11 is 0. The van der Waals surface area contributed by atoms with Crippen molar-refractivity contribution in [2.24, 2.45) is 0 Å². The van der Waals surface area contributed by atoms with Crippen molar-refractivity contribution in [2.45, 2.75) is 31.7 Å². The molecule has 0 radical (unpaired) electrons. The van der Waals surface area contributed by atoms with Gasteiger partial charge in [-0.2, -0.15) is 0 Å². The number of amides is 1. The zero-order chi connectivity index (χ0) is 17.8. The Balaban J connectivity index is 1.37. The van der Waals surface area contributed by atoms with Crippen LogP contribution in [0.25, 0.3) is 0 Å². The number of carbonyl (C=O) groups is 1. The van der Waals surface area contributed by atoms with E-state index in [9.17, 15) is 4.79 Å². The molecule has 0 aliphatic carbocycles. The summed E-state index contributed by atoms with van der Waals surface area (Å²) in [7, 11) is 0. The molecule has 1 saturated heterocycles. The number of nitrogens with one attached hydrogen (secondary N) is 1. The van der Waals surface area contributed by atoms with E-state index in [1.54, 1.807) is 0 Å². The lowest BCUT2D eigenvalue weighted by Crippen LogP contribution is -2.39. The van der Waals surface area contributed by atoms with Crippen LogP contribution in [0.3, 0.4) is 0 Å². The summed E-state index contributed by atoms with van der Waals surface area (Å²) in [6, 6.07) is 9.43. The molecule has 0 bridgehead atoms. The molecular formula is C20H24N4O2. The summed E-state index contributed by atoms with van der Waals surface area (Å²) in [6.07, 6.45) is 5.01. The van der Waals surface area contributed by atoms with E-state index >= 15 is 0 Å². The van der Waals surface area contributed by atoms with Crippen molar-refractivity contribution in [3.8, 4) is 5.75 Å². The van der Waals surface area contributed by atoms with E-state index in [2.05, 4.69) is 10.3 Å². The SMILES string of the molecule is O=C(COc1ccccc1)N1CCc2nc(C3CCCNC3)ncc2C1. The van der Waals surface area contributed by atoms with Crippen LogP contribution in [0.5, 0.6) is 5.75 Å². The van der Waals surface area contributed by atoms with Crippen molar-refractivity contribution in [1.82, 2.24) is 20.2 Å². The molecule has 1 amide bonds. The van der Waals surface area contributed by atoms with Crippen LogP contribution in [0.15, 0.2) is 36.5 Å². The Bertz CT molecular complexity index is 760. The van der Waals surface area contributed by atoms with Crippen LogP contribution >= 0.6 is 0 Å². The molecule has 0 saturated carbocycles. The number of benzene rings is 1. The molecule has 6 heteroatoms. The van der Waals surface area contributed by atoms with Crippen LogP contribution in [0.1, 0.15) is 35.8 Å². The molecule has 1 unspecified atom stereocenters. The number of nitrogens with zero attached hydrogens (tertiary/aromatic N) is 3. The molecule has 4 rings (SSSR count). The van der Waals surface area contributed by atoms with Crippen LogP contribution in [0.2, 0.25) is 0 Å². The monoisotopic (exact) mass is 352 g/mol. The van der Waals surface area contributed by atoms with E-state index in [1.807, 2.05) is 41.4 Å². The zero-order valence-corrected chi connectivity index (χ0v) is 14.9. The standard InChI is InChI=1S/C20H24N4O2/c25-19(14-26-17-6-2-1-3-7-17)24-10-8-18-16(13-24)12-22-20(23-18)15-5-4-9-21-11-15/h1-3,6-7,12,15,21H,4-5,8-11,13-14H2. The van der Waals surface area contributed by atoms with Gasteiger partial charge < -0.3 is 15.0 Å². The van der Waals surface area contributed by atoms with Crippen molar-refractivity contribution in [1.29, 1.82) is 0 Å². The van der Waals surface area contributed by atoms with E-state index < -0.39 is 0 Å². The second-order valence-corrected chi connectivity index (χ2v) is 6.91. The number of ether oxygens (including phenoxy) is 1. The van der Waals surface area contributed by atoms with Gasteiger partial charge in [0.2, 0.25) is 0 Å². The summed E-state index contributed by atoms with van der Waals surface area (Å²) in [5, 5.41) is 3.42. The van der Waals surface area contributed by atoms with Crippen molar-refractivity contribution in [2.75, 3.05) is 26.2 Å². The van der Waals surface area contributed by atoms with Crippen LogP contribution < -0.4 is 10.1 Å². The highest BCUT2D eigenvalue weighted by Gasteiger charge is 2.24. The fourth-order valence-corrected chi connectivity index (χ4v) is 3.57. The summed E-state index contributed by atoms with van der Waals surface area (Å²) < 4.78 is 5.58. The van der Waals surface area contributed by atoms with Crippen LogP contribution in [0, 0.1) is 0 Å². The number of hydrogen-bond acceptors (Lipinski definition) is 5. The molecule has 26 heavy (non-hydrogen) atoms. The molecular weight excluding hydrogens is 328 g/mol. The molecule has 1 fully saturated rings. The van der Waals surface area contributed by atoms with Gasteiger partial charge in [-0.3, -0.25) is 4.79 Å². The van der Waals surface area contributed by atoms with Gasteiger partial charge in [0.15, 0.2) is 6.61 Å². The van der Waals surface area contributed by atoms with Gasteiger partial charge >= 0.3 is 0 Å². The molecule has 1 aromatic heterocycles. The highest BCUT2D eigenvalue weighted by Crippen LogP contribution is 2.23. The minimum absolute atomic E-state index is 0.0000557. The summed E-state index contributed by atoms with van der Waals surface area (Å²) in [6.45, 7) is 3.36. The fraction of sp³-hybridized carbons (Fsp3) is 0.450. The average Bonchev–Trinajstić information content (AvgIpc) is 2.72. The molecule has 1 atom stereocenters. The zero-order valence-electron chi connectivity index (χ0n) is 14.9. The first-order chi connectivity index (χ1) is 12.8. The lowest BCUT2D eigenvalue weighted by Gasteiger charge is -2.29. The highest BCUT2D eigenvalue weighted by atomic mass is 16.5. The second kappa shape index (κ2) is 7.83. The van der Waals surface area contributed by atoms with Crippen molar-refractivity contribution >= 4 is 5.91 Å². The van der Waals surface area contributed by atoms with E-state index in [4.69, 9.17) is 9.72 Å². The van der Waals surface area contributed by atoms with Crippen LogP contribution in [-0.4, -0.2) is 47.0 Å². The quantitative estimate of drug-likeness (QED) is 0.910. The topological polar surface area (TPSA) is 67.3 Å². The maximum Gasteiger partial charge on any atom is 0.260 e. The summed E-state index contributed by atoms with van der Waals surface area (Å²) in [5.41, 5.74) is 2.14. The molecule has 6 nitrogen and oxygen atoms in total. The third-order valence-corrected chi connectivity index (χ3v) is 5.07. The van der Waals surface area contributed by atoms with Gasteiger partial charge in [0, 0.05) is 43.7 Å². The van der Waals surface area contributed by atoms with Gasteiger partial charge in [-0.1, -0.05) is 18.2 Å². The highest BCUT2D eigenvalue weighted by molar-refractivity contribution is 5.78. The van der Waals surface area contributed by atoms with Crippen LogP contribution in [0.4, 0.5) is 0 Å². The Hall–Kier alpha value is -2.47. The van der Waals surface area contributed by atoms with E-state index in [-0.39, 0.29) is 12.5 Å². The first-order valence-corrected chi connectivity index (χ1v) is 9.30. The minimum atomic E-state index is 0.0000557. The third kappa shape index (κ3) is 3.85. The number of aromatic nitrogens is 2. The first kappa shape index (κ1) is 17.0. The maximum absolute atomic E-state index is 12.4. The Kier molecular flexibility index (Phi) is 5.11. The number of rotatable bonds is 4. The lowest BCUT2D eigenvalue weighted by atomic mass is 9.98. The normalized spacial score (nSPS) is 19.7. The predicted molar refractivity (Wildman–Crippen MR) is 97.9 cm³/mol. The summed E-state index contributed by atoms with van der Waals surface area (Å²) in [5.74, 6) is 2.07. The summed E-state index contributed by atoms with van der Waals surface area (Å²) in [4.78, 5) is 23.7. The number of hydrogen-bond donors (Lipinski definition) is 1. The van der Waals surface area contributed by atoms with Crippen molar-refractivity contribution in [3.63, 3.8) is 0 Å². The Morgan fingerprint density at radius 2 is 2.19 bits per heavy atom. The Morgan fingerprint density at radius 3 is 3.00 bits per heavy atom. The molecule has 1 N–H and O–H groups in total. The van der Waals surface area contributed by atoms with Gasteiger partial charge in [-0.15, -0.1) is 0 Å². The second-order valence-electron chi connectivity index (χ2n) is 6.91. The average molecular weight is 352 g/mol. The maximum atomic E-state index is 12.4. The molecule has 0 spiro atoms. The van der Waals surface area contributed by atoms with Crippen molar-refractivity contribution in [3.05, 3.63) is 53.6 Å². The first-order valence-electron chi connectivity index (χ1n) is 9.30. The molecule has 2 aliphatic heterocycles. The number of fused-ring (bicyclic) bond motifs is 1. The minimum Gasteiger partial charge on any atom is -0.484 e. The van der Waals surface area contributed by atoms with Crippen molar-refractivity contribution < 1.29 is 9.53 Å². The molecule has 136 valence electrons. The number of para-hydroxylation sites is 1. The predicted octanol–water partition coefficient (Wildman–Crippen LogP) is 1.91. The lowest BCUT2D eigenvalue weighted by molar-refractivity contribution is -0.134. The van der Waals surface area contributed by atoms with E-state index in [0.717, 1.165) is 43.0 Å². The molecule has 2 aliphatic rings. The number of carbonyl (C=O) groups excluding carboxylic acids is 1. The van der Waals surface area contributed by atoms with Gasteiger partial charge in [0.25, 0.3) is 5.91 Å². The van der Waals surface area contributed by atoms with Gasteiger partial charge in [-0.25, -0.2) is 9.97 Å². The fourth-order valence-electron chi connectivity index (χ4n) is 3.57. The Labute approximate surface area is 153 Å². The number of piperidine rings is 1. The smallest absolute Gasteiger partial charge is 0.260 e. The third-order valence-electron chi connectivity index (χ3n) is 5.07. The molecule has 1 aromatic carbocycles. The largest absolute Gasteiger partial charge is 0.484 e. The van der Waals surface area contributed by atoms with Crippen LogP contribution in [-0.2, 0) is 17.8 Å². The van der Waals surface area contributed by atoms with E-state index in [1.165, 1.54) is 6.42 Å². The molecule has 2 aromatic rings.